The molecule has 0 radical (unpaired) electrons. The molecule has 0 aliphatic carbocycles. The van der Waals surface area contributed by atoms with Crippen LogP contribution in [0.5, 0.6) is 11.5 Å². The molecular weight excluding hydrogens is 527 g/mol. The highest BCUT2D eigenvalue weighted by Gasteiger charge is 2.32. The molecule has 3 aromatic rings. The fourth-order valence-corrected chi connectivity index (χ4v) is 3.92. The number of pyridine rings is 1. The number of nitrogens with zero attached hydrogens (tertiary/aromatic N) is 2. The molecule has 2 aromatic carbocycles. The zero-order valence-corrected chi connectivity index (χ0v) is 21.7. The van der Waals surface area contributed by atoms with Gasteiger partial charge in [0.25, 0.3) is 5.91 Å². The molecule has 0 unspecified atom stereocenters. The quantitative estimate of drug-likeness (QED) is 0.306. The third-order valence-corrected chi connectivity index (χ3v) is 5.82. The summed E-state index contributed by atoms with van der Waals surface area (Å²) in [5.74, 6) is 0.635. The molecule has 210 valence electrons. The SMILES string of the molecule is COCCNC(=O)c1cc(NC(=O)CCc2cccc(Oc3ccnc(C4=NCCN4)c3)c2)cc(C(F)(F)F)c1. The summed E-state index contributed by atoms with van der Waals surface area (Å²) in [6.45, 7) is 1.79. The first-order valence-corrected chi connectivity index (χ1v) is 12.5. The predicted molar refractivity (Wildman–Crippen MR) is 143 cm³/mol. The number of ether oxygens (including phenoxy) is 2. The van der Waals surface area contributed by atoms with Crippen LogP contribution in [0, 0.1) is 0 Å². The number of benzene rings is 2. The van der Waals surface area contributed by atoms with Crippen molar-refractivity contribution in [2.75, 3.05) is 38.7 Å². The van der Waals surface area contributed by atoms with Crippen molar-refractivity contribution in [3.8, 4) is 11.5 Å². The molecule has 2 amide bonds. The Hall–Kier alpha value is -4.45. The lowest BCUT2D eigenvalue weighted by Crippen LogP contribution is -2.27. The van der Waals surface area contributed by atoms with Gasteiger partial charge in [-0.25, -0.2) is 0 Å². The number of amidine groups is 1. The number of hydrogen-bond donors (Lipinski definition) is 3. The summed E-state index contributed by atoms with van der Waals surface area (Å²) in [4.78, 5) is 33.6. The average Bonchev–Trinajstić information content (AvgIpc) is 3.47. The van der Waals surface area contributed by atoms with Gasteiger partial charge in [-0.1, -0.05) is 12.1 Å². The highest BCUT2D eigenvalue weighted by atomic mass is 19.4. The van der Waals surface area contributed by atoms with Gasteiger partial charge in [-0.2, -0.15) is 13.2 Å². The Morgan fingerprint density at radius 3 is 2.65 bits per heavy atom. The molecule has 0 saturated heterocycles. The number of alkyl halides is 3. The summed E-state index contributed by atoms with van der Waals surface area (Å²) in [7, 11) is 1.44. The Bertz CT molecular complexity index is 1390. The van der Waals surface area contributed by atoms with Crippen molar-refractivity contribution in [3.63, 3.8) is 0 Å². The van der Waals surface area contributed by atoms with Crippen molar-refractivity contribution in [1.82, 2.24) is 15.6 Å². The maximum atomic E-state index is 13.4. The third-order valence-electron chi connectivity index (χ3n) is 5.82. The number of amides is 2. The van der Waals surface area contributed by atoms with Crippen LogP contribution in [0.1, 0.15) is 33.6 Å². The predicted octanol–water partition coefficient (Wildman–Crippen LogP) is 4.19. The first kappa shape index (κ1) is 28.6. The summed E-state index contributed by atoms with van der Waals surface area (Å²) >= 11 is 0. The minimum Gasteiger partial charge on any atom is -0.457 e. The Kier molecular flexibility index (Phi) is 9.33. The number of rotatable bonds is 11. The van der Waals surface area contributed by atoms with Gasteiger partial charge in [0.05, 0.1) is 18.7 Å². The second kappa shape index (κ2) is 13.1. The van der Waals surface area contributed by atoms with Gasteiger partial charge in [-0.3, -0.25) is 19.6 Å². The molecule has 12 heteroatoms. The van der Waals surface area contributed by atoms with E-state index < -0.39 is 23.6 Å². The summed E-state index contributed by atoms with van der Waals surface area (Å²) in [6.07, 6.45) is -2.75. The van der Waals surface area contributed by atoms with Gasteiger partial charge in [0.2, 0.25) is 5.91 Å². The van der Waals surface area contributed by atoms with Crippen LogP contribution >= 0.6 is 0 Å². The number of aromatic nitrogens is 1. The van der Waals surface area contributed by atoms with Crippen LogP contribution in [0.2, 0.25) is 0 Å². The molecule has 0 spiro atoms. The van der Waals surface area contributed by atoms with Crippen molar-refractivity contribution in [2.45, 2.75) is 19.0 Å². The van der Waals surface area contributed by atoms with E-state index in [1.807, 2.05) is 6.07 Å². The Labute approximate surface area is 228 Å². The van der Waals surface area contributed by atoms with E-state index in [4.69, 9.17) is 9.47 Å². The molecule has 0 atom stereocenters. The minimum atomic E-state index is -4.70. The first-order chi connectivity index (χ1) is 19.2. The minimum absolute atomic E-state index is 0.0000336. The average molecular weight is 556 g/mol. The number of hydrogen-bond acceptors (Lipinski definition) is 7. The Morgan fingerprint density at radius 1 is 1.07 bits per heavy atom. The Morgan fingerprint density at radius 2 is 1.90 bits per heavy atom. The maximum absolute atomic E-state index is 13.4. The van der Waals surface area contributed by atoms with Crippen molar-refractivity contribution < 1.29 is 32.2 Å². The van der Waals surface area contributed by atoms with E-state index in [9.17, 15) is 22.8 Å². The van der Waals surface area contributed by atoms with Crippen LogP contribution in [-0.4, -0.2) is 56.0 Å². The summed E-state index contributed by atoms with van der Waals surface area (Å²) in [5, 5.41) is 8.11. The number of methoxy groups -OCH3 is 1. The normalized spacial score (nSPS) is 12.8. The molecule has 1 aliphatic heterocycles. The number of anilines is 1. The number of aryl methyl sites for hydroxylation is 1. The summed E-state index contributed by atoms with van der Waals surface area (Å²) in [6, 6.07) is 13.4. The van der Waals surface area contributed by atoms with E-state index in [0.29, 0.717) is 36.0 Å². The van der Waals surface area contributed by atoms with Crippen molar-refractivity contribution in [1.29, 1.82) is 0 Å². The van der Waals surface area contributed by atoms with Crippen LogP contribution in [0.4, 0.5) is 18.9 Å². The molecular formula is C28H28F3N5O4. The van der Waals surface area contributed by atoms with E-state index in [-0.39, 0.29) is 30.8 Å². The molecule has 0 saturated carbocycles. The zero-order valence-electron chi connectivity index (χ0n) is 21.7. The molecule has 1 aromatic heterocycles. The number of nitrogens with one attached hydrogen (secondary N) is 3. The van der Waals surface area contributed by atoms with E-state index >= 15 is 0 Å². The lowest BCUT2D eigenvalue weighted by molar-refractivity contribution is -0.137. The maximum Gasteiger partial charge on any atom is 0.416 e. The molecule has 0 bridgehead atoms. The topological polar surface area (TPSA) is 114 Å². The number of carbonyl (C=O) groups excluding carboxylic acids is 2. The van der Waals surface area contributed by atoms with Crippen molar-refractivity contribution >= 4 is 23.3 Å². The van der Waals surface area contributed by atoms with Gasteiger partial charge in [-0.15, -0.1) is 0 Å². The van der Waals surface area contributed by atoms with Crippen molar-refractivity contribution in [3.05, 3.63) is 83.2 Å². The highest BCUT2D eigenvalue weighted by molar-refractivity contribution is 5.98. The second-order valence-corrected chi connectivity index (χ2v) is 8.88. The monoisotopic (exact) mass is 555 g/mol. The molecule has 1 aliphatic rings. The van der Waals surface area contributed by atoms with E-state index in [2.05, 4.69) is 25.9 Å². The summed E-state index contributed by atoms with van der Waals surface area (Å²) < 4.78 is 51.1. The number of halogens is 3. The van der Waals surface area contributed by atoms with Crippen molar-refractivity contribution in [2.24, 2.45) is 4.99 Å². The fourth-order valence-electron chi connectivity index (χ4n) is 3.92. The second-order valence-electron chi connectivity index (χ2n) is 8.88. The highest BCUT2D eigenvalue weighted by Crippen LogP contribution is 2.32. The number of aliphatic imine (C=N–C) groups is 1. The first-order valence-electron chi connectivity index (χ1n) is 12.5. The fraction of sp³-hybridized carbons (Fsp3) is 0.286. The van der Waals surface area contributed by atoms with E-state index in [1.165, 1.54) is 13.2 Å². The van der Waals surface area contributed by atoms with Gasteiger partial charge in [0.1, 0.15) is 23.0 Å². The van der Waals surface area contributed by atoms with Gasteiger partial charge in [0.15, 0.2) is 0 Å². The van der Waals surface area contributed by atoms with Gasteiger partial charge in [0, 0.05) is 50.1 Å². The molecule has 3 N–H and O–H groups in total. The third kappa shape index (κ3) is 8.03. The standard InChI is InChI=1S/C28H28F3N5O4/c1-39-12-11-35-27(38)19-14-20(28(29,30)31)16-21(15-19)36-25(37)6-5-18-3-2-4-22(13-18)40-23-7-8-32-24(17-23)26-33-9-10-34-26/h2-4,7-8,13-17H,5-6,9-12H2,1H3,(H,33,34)(H,35,38)(H,36,37). The smallest absolute Gasteiger partial charge is 0.416 e. The van der Waals surface area contributed by atoms with Crippen LogP contribution in [0.25, 0.3) is 0 Å². The Balaban J connectivity index is 1.38. The molecule has 9 nitrogen and oxygen atoms in total. The number of carbonyl (C=O) groups is 2. The molecule has 0 fully saturated rings. The van der Waals surface area contributed by atoms with Crippen LogP contribution in [0.3, 0.4) is 0 Å². The molecule has 40 heavy (non-hydrogen) atoms. The van der Waals surface area contributed by atoms with Gasteiger partial charge in [-0.05, 0) is 48.4 Å². The summed E-state index contributed by atoms with van der Waals surface area (Å²) in [5.41, 5.74) is 0.0888. The lowest BCUT2D eigenvalue weighted by atomic mass is 10.1. The zero-order chi connectivity index (χ0) is 28.5. The van der Waals surface area contributed by atoms with E-state index in [1.54, 1.807) is 36.5 Å². The van der Waals surface area contributed by atoms with E-state index in [0.717, 1.165) is 24.2 Å². The molecule has 4 rings (SSSR count). The largest absolute Gasteiger partial charge is 0.457 e. The van der Waals surface area contributed by atoms with Crippen LogP contribution < -0.4 is 20.7 Å². The van der Waals surface area contributed by atoms with Crippen LogP contribution in [-0.2, 0) is 22.1 Å². The molecule has 2 heterocycles. The van der Waals surface area contributed by atoms with Crippen LogP contribution in [0.15, 0.2) is 65.8 Å². The van der Waals surface area contributed by atoms with Gasteiger partial charge >= 0.3 is 6.18 Å². The van der Waals surface area contributed by atoms with Gasteiger partial charge < -0.3 is 25.4 Å². The lowest BCUT2D eigenvalue weighted by Gasteiger charge is -2.13.